The van der Waals surface area contributed by atoms with E-state index in [4.69, 9.17) is 0 Å². The van der Waals surface area contributed by atoms with Crippen LogP contribution in [0, 0.1) is 0 Å². The average molecular weight is 269 g/mol. The monoisotopic (exact) mass is 269 g/mol. The van der Waals surface area contributed by atoms with Crippen molar-refractivity contribution in [2.24, 2.45) is 0 Å². The number of amides is 1. The SMILES string of the molecule is CCCCN(CC1CCCN1)C(C)C(=O)NCCC. The highest BCUT2D eigenvalue weighted by Crippen LogP contribution is 2.10. The summed E-state index contributed by atoms with van der Waals surface area (Å²) >= 11 is 0. The lowest BCUT2D eigenvalue weighted by atomic mass is 10.1. The van der Waals surface area contributed by atoms with Crippen LogP contribution in [0.4, 0.5) is 0 Å². The first-order valence-corrected chi connectivity index (χ1v) is 7.94. The lowest BCUT2D eigenvalue weighted by Gasteiger charge is -2.30. The fourth-order valence-electron chi connectivity index (χ4n) is 2.56. The normalized spacial score (nSPS) is 20.7. The summed E-state index contributed by atoms with van der Waals surface area (Å²) in [6.07, 6.45) is 5.85. The summed E-state index contributed by atoms with van der Waals surface area (Å²) < 4.78 is 0. The predicted octanol–water partition coefficient (Wildman–Crippen LogP) is 1.76. The predicted molar refractivity (Wildman–Crippen MR) is 80.3 cm³/mol. The minimum Gasteiger partial charge on any atom is -0.355 e. The second-order valence-corrected chi connectivity index (χ2v) is 5.61. The minimum absolute atomic E-state index is 0.0134. The van der Waals surface area contributed by atoms with E-state index in [1.165, 1.54) is 19.3 Å². The molecule has 0 saturated carbocycles. The number of carbonyl (C=O) groups is 1. The van der Waals surface area contributed by atoms with Crippen molar-refractivity contribution in [1.82, 2.24) is 15.5 Å². The Bertz CT molecular complexity index is 252. The molecule has 19 heavy (non-hydrogen) atoms. The van der Waals surface area contributed by atoms with E-state index in [-0.39, 0.29) is 11.9 Å². The van der Waals surface area contributed by atoms with Gasteiger partial charge in [-0.25, -0.2) is 0 Å². The van der Waals surface area contributed by atoms with Gasteiger partial charge >= 0.3 is 0 Å². The van der Waals surface area contributed by atoms with Gasteiger partial charge in [-0.2, -0.15) is 0 Å². The van der Waals surface area contributed by atoms with E-state index in [2.05, 4.69) is 29.4 Å². The van der Waals surface area contributed by atoms with Gasteiger partial charge in [0.15, 0.2) is 0 Å². The van der Waals surface area contributed by atoms with Gasteiger partial charge in [-0.15, -0.1) is 0 Å². The molecule has 1 heterocycles. The van der Waals surface area contributed by atoms with E-state index in [0.717, 1.165) is 39.0 Å². The summed E-state index contributed by atoms with van der Waals surface area (Å²) in [7, 11) is 0. The molecule has 4 nitrogen and oxygen atoms in total. The van der Waals surface area contributed by atoms with Crippen molar-refractivity contribution in [2.45, 2.75) is 65.0 Å². The number of carbonyl (C=O) groups excluding carboxylic acids is 1. The molecule has 2 atom stereocenters. The fraction of sp³-hybridized carbons (Fsp3) is 0.933. The topological polar surface area (TPSA) is 44.4 Å². The van der Waals surface area contributed by atoms with Gasteiger partial charge in [-0.1, -0.05) is 20.3 Å². The van der Waals surface area contributed by atoms with Gasteiger partial charge in [-0.05, 0) is 45.7 Å². The number of nitrogens with one attached hydrogen (secondary N) is 2. The summed E-state index contributed by atoms with van der Waals surface area (Å²) in [5, 5.41) is 6.54. The average Bonchev–Trinajstić information content (AvgIpc) is 2.92. The van der Waals surface area contributed by atoms with Crippen LogP contribution in [0.15, 0.2) is 0 Å². The van der Waals surface area contributed by atoms with Crippen LogP contribution >= 0.6 is 0 Å². The lowest BCUT2D eigenvalue weighted by Crippen LogP contribution is -2.49. The molecule has 1 aliphatic rings. The van der Waals surface area contributed by atoms with Gasteiger partial charge in [0.1, 0.15) is 0 Å². The second kappa shape index (κ2) is 9.32. The first-order chi connectivity index (χ1) is 9.19. The third-order valence-corrected chi connectivity index (χ3v) is 3.89. The standard InChI is InChI=1S/C15H31N3O/c1-4-6-11-18(12-14-8-7-10-16-14)13(3)15(19)17-9-5-2/h13-14,16H,4-12H2,1-3H3,(H,17,19). The molecule has 0 bridgehead atoms. The Balaban J connectivity index is 2.47. The largest absolute Gasteiger partial charge is 0.355 e. The quantitative estimate of drug-likeness (QED) is 0.670. The maximum absolute atomic E-state index is 12.1. The van der Waals surface area contributed by atoms with Crippen LogP contribution < -0.4 is 10.6 Å². The molecule has 0 aromatic carbocycles. The van der Waals surface area contributed by atoms with E-state index in [1.54, 1.807) is 0 Å². The third kappa shape index (κ3) is 5.91. The molecule has 4 heteroatoms. The minimum atomic E-state index is -0.0134. The van der Waals surface area contributed by atoms with E-state index >= 15 is 0 Å². The molecule has 1 rings (SSSR count). The molecule has 0 aromatic heterocycles. The number of unbranched alkanes of at least 4 members (excludes halogenated alkanes) is 1. The molecule has 0 radical (unpaired) electrons. The van der Waals surface area contributed by atoms with E-state index in [1.807, 2.05) is 6.92 Å². The maximum Gasteiger partial charge on any atom is 0.237 e. The zero-order chi connectivity index (χ0) is 14.1. The van der Waals surface area contributed by atoms with Crippen LogP contribution in [0.1, 0.15) is 52.9 Å². The highest BCUT2D eigenvalue weighted by molar-refractivity contribution is 5.81. The van der Waals surface area contributed by atoms with Crippen molar-refractivity contribution >= 4 is 5.91 Å². The van der Waals surface area contributed by atoms with Crippen LogP contribution in [-0.4, -0.2) is 49.1 Å². The smallest absolute Gasteiger partial charge is 0.237 e. The lowest BCUT2D eigenvalue weighted by molar-refractivity contribution is -0.126. The van der Waals surface area contributed by atoms with Crippen molar-refractivity contribution in [3.63, 3.8) is 0 Å². The van der Waals surface area contributed by atoms with Crippen molar-refractivity contribution < 1.29 is 4.79 Å². The van der Waals surface area contributed by atoms with Crippen molar-refractivity contribution in [2.75, 3.05) is 26.2 Å². The zero-order valence-electron chi connectivity index (χ0n) is 12.9. The Morgan fingerprint density at radius 2 is 2.21 bits per heavy atom. The van der Waals surface area contributed by atoms with Crippen molar-refractivity contribution in [3.05, 3.63) is 0 Å². The number of hydrogen-bond donors (Lipinski definition) is 2. The summed E-state index contributed by atoms with van der Waals surface area (Å²) in [4.78, 5) is 14.5. The Morgan fingerprint density at radius 1 is 1.42 bits per heavy atom. The van der Waals surface area contributed by atoms with E-state index in [0.29, 0.717) is 6.04 Å². The van der Waals surface area contributed by atoms with Crippen LogP contribution in [0.3, 0.4) is 0 Å². The van der Waals surface area contributed by atoms with Crippen molar-refractivity contribution in [3.8, 4) is 0 Å². The Morgan fingerprint density at radius 3 is 2.79 bits per heavy atom. The second-order valence-electron chi connectivity index (χ2n) is 5.61. The van der Waals surface area contributed by atoms with E-state index < -0.39 is 0 Å². The Labute approximate surface area is 118 Å². The molecule has 112 valence electrons. The number of rotatable bonds is 9. The molecule has 1 fully saturated rings. The summed E-state index contributed by atoms with van der Waals surface area (Å²) in [5.74, 6) is 0.177. The van der Waals surface area contributed by atoms with Crippen LogP contribution in [-0.2, 0) is 4.79 Å². The highest BCUT2D eigenvalue weighted by Gasteiger charge is 2.24. The van der Waals surface area contributed by atoms with Gasteiger partial charge in [0.05, 0.1) is 6.04 Å². The van der Waals surface area contributed by atoms with Gasteiger partial charge < -0.3 is 10.6 Å². The van der Waals surface area contributed by atoms with E-state index in [9.17, 15) is 4.79 Å². The molecule has 1 amide bonds. The van der Waals surface area contributed by atoms with Crippen LogP contribution in [0.2, 0.25) is 0 Å². The maximum atomic E-state index is 12.1. The molecular weight excluding hydrogens is 238 g/mol. The molecule has 1 saturated heterocycles. The first-order valence-electron chi connectivity index (χ1n) is 7.94. The Hall–Kier alpha value is -0.610. The molecule has 1 aliphatic heterocycles. The summed E-state index contributed by atoms with van der Waals surface area (Å²) in [6.45, 7) is 10.3. The van der Waals surface area contributed by atoms with Gasteiger partial charge in [0.2, 0.25) is 5.91 Å². The van der Waals surface area contributed by atoms with Crippen LogP contribution in [0.5, 0.6) is 0 Å². The van der Waals surface area contributed by atoms with Crippen LogP contribution in [0.25, 0.3) is 0 Å². The summed E-state index contributed by atoms with van der Waals surface area (Å²) in [5.41, 5.74) is 0. The third-order valence-electron chi connectivity index (χ3n) is 3.89. The number of nitrogens with zero attached hydrogens (tertiary/aromatic N) is 1. The molecular formula is C15H31N3O. The van der Waals surface area contributed by atoms with Gasteiger partial charge in [-0.3, -0.25) is 9.69 Å². The zero-order valence-corrected chi connectivity index (χ0v) is 12.9. The Kier molecular flexibility index (Phi) is 8.07. The summed E-state index contributed by atoms with van der Waals surface area (Å²) in [6, 6.07) is 0.554. The molecule has 0 spiro atoms. The molecule has 0 aromatic rings. The first kappa shape index (κ1) is 16.4. The van der Waals surface area contributed by atoms with Gasteiger partial charge in [0.25, 0.3) is 0 Å². The van der Waals surface area contributed by atoms with Gasteiger partial charge in [0, 0.05) is 19.1 Å². The highest BCUT2D eigenvalue weighted by atomic mass is 16.2. The molecule has 2 N–H and O–H groups in total. The number of hydrogen-bond acceptors (Lipinski definition) is 3. The molecule has 2 unspecified atom stereocenters. The van der Waals surface area contributed by atoms with Crippen molar-refractivity contribution in [1.29, 1.82) is 0 Å². The molecule has 0 aliphatic carbocycles. The fourth-order valence-corrected chi connectivity index (χ4v) is 2.56.